The molecular weight excluding hydrogens is 302 g/mol. The van der Waals surface area contributed by atoms with Crippen molar-refractivity contribution in [2.24, 2.45) is 5.92 Å². The van der Waals surface area contributed by atoms with Crippen LogP contribution in [-0.2, 0) is 11.2 Å². The summed E-state index contributed by atoms with van der Waals surface area (Å²) in [5.74, 6) is 1.12. The Kier molecular flexibility index (Phi) is 5.03. The predicted molar refractivity (Wildman–Crippen MR) is 84.9 cm³/mol. The molecule has 1 saturated carbocycles. The standard InChI is InChI=1S/C16H24ClN3O2/c1-11-14(16(17)22-19-11)4-5-15(21)20-8-6-13(7-9-20)18-10-12-2-3-12/h12-13,18H,2-10H2,1H3. The molecule has 1 amide bonds. The zero-order valence-corrected chi connectivity index (χ0v) is 13.9. The minimum absolute atomic E-state index is 0.206. The summed E-state index contributed by atoms with van der Waals surface area (Å²) in [7, 11) is 0. The van der Waals surface area contributed by atoms with Gasteiger partial charge in [-0.15, -0.1) is 0 Å². The minimum Gasteiger partial charge on any atom is -0.344 e. The van der Waals surface area contributed by atoms with Crippen molar-refractivity contribution < 1.29 is 9.32 Å². The monoisotopic (exact) mass is 325 g/mol. The first-order valence-corrected chi connectivity index (χ1v) is 8.63. The average molecular weight is 326 g/mol. The first kappa shape index (κ1) is 15.8. The van der Waals surface area contributed by atoms with Gasteiger partial charge in [-0.25, -0.2) is 0 Å². The van der Waals surface area contributed by atoms with E-state index in [4.69, 9.17) is 16.1 Å². The van der Waals surface area contributed by atoms with Gasteiger partial charge in [0.05, 0.1) is 5.69 Å². The quantitative estimate of drug-likeness (QED) is 0.873. The highest BCUT2D eigenvalue weighted by molar-refractivity contribution is 6.29. The highest BCUT2D eigenvalue weighted by Crippen LogP contribution is 2.28. The second kappa shape index (κ2) is 7.01. The summed E-state index contributed by atoms with van der Waals surface area (Å²) in [5.41, 5.74) is 1.64. The molecule has 1 aromatic heterocycles. The molecule has 0 bridgehead atoms. The van der Waals surface area contributed by atoms with Crippen molar-refractivity contribution in [1.82, 2.24) is 15.4 Å². The predicted octanol–water partition coefficient (Wildman–Crippen LogP) is 2.56. The fourth-order valence-electron chi connectivity index (χ4n) is 3.02. The first-order chi connectivity index (χ1) is 10.6. The van der Waals surface area contributed by atoms with Gasteiger partial charge in [0.1, 0.15) is 0 Å². The number of rotatable bonds is 6. The molecule has 22 heavy (non-hydrogen) atoms. The van der Waals surface area contributed by atoms with E-state index in [1.54, 1.807) is 0 Å². The fourth-order valence-corrected chi connectivity index (χ4v) is 3.28. The van der Waals surface area contributed by atoms with Crippen molar-refractivity contribution in [2.75, 3.05) is 19.6 Å². The molecule has 0 unspecified atom stereocenters. The van der Waals surface area contributed by atoms with E-state index in [1.807, 2.05) is 11.8 Å². The number of aryl methyl sites for hydroxylation is 1. The van der Waals surface area contributed by atoms with Crippen LogP contribution in [0.15, 0.2) is 4.52 Å². The van der Waals surface area contributed by atoms with Crippen molar-refractivity contribution >= 4 is 17.5 Å². The van der Waals surface area contributed by atoms with Crippen LogP contribution in [0.25, 0.3) is 0 Å². The van der Waals surface area contributed by atoms with Crippen LogP contribution < -0.4 is 5.32 Å². The van der Waals surface area contributed by atoms with E-state index < -0.39 is 0 Å². The SMILES string of the molecule is Cc1noc(Cl)c1CCC(=O)N1CCC(NCC2CC2)CC1. The summed E-state index contributed by atoms with van der Waals surface area (Å²) in [6.07, 6.45) is 5.97. The lowest BCUT2D eigenvalue weighted by Crippen LogP contribution is -2.45. The highest BCUT2D eigenvalue weighted by atomic mass is 35.5. The number of hydrogen-bond acceptors (Lipinski definition) is 4. The third-order valence-electron chi connectivity index (χ3n) is 4.77. The lowest BCUT2D eigenvalue weighted by molar-refractivity contribution is -0.132. The number of nitrogens with zero attached hydrogens (tertiary/aromatic N) is 2. The van der Waals surface area contributed by atoms with E-state index in [1.165, 1.54) is 12.8 Å². The molecule has 122 valence electrons. The molecule has 2 heterocycles. The molecule has 0 aromatic carbocycles. The Morgan fingerprint density at radius 2 is 2.09 bits per heavy atom. The molecule has 5 nitrogen and oxygen atoms in total. The van der Waals surface area contributed by atoms with Crippen LogP contribution in [0.2, 0.25) is 5.22 Å². The van der Waals surface area contributed by atoms with Crippen LogP contribution in [-0.4, -0.2) is 41.6 Å². The summed E-state index contributed by atoms with van der Waals surface area (Å²) < 4.78 is 4.92. The number of carbonyl (C=O) groups excluding carboxylic acids is 1. The molecular formula is C16H24ClN3O2. The summed E-state index contributed by atoms with van der Waals surface area (Å²) in [6.45, 7) is 4.73. The average Bonchev–Trinajstić information content (AvgIpc) is 3.30. The number of likely N-dealkylation sites (tertiary alicyclic amines) is 1. The van der Waals surface area contributed by atoms with Crippen molar-refractivity contribution in [3.05, 3.63) is 16.5 Å². The van der Waals surface area contributed by atoms with Gasteiger partial charge >= 0.3 is 0 Å². The third kappa shape index (κ3) is 4.02. The fraction of sp³-hybridized carbons (Fsp3) is 0.750. The van der Waals surface area contributed by atoms with Crippen molar-refractivity contribution in [3.8, 4) is 0 Å². The summed E-state index contributed by atoms with van der Waals surface area (Å²) in [6, 6.07) is 0.583. The third-order valence-corrected chi connectivity index (χ3v) is 5.06. The van der Waals surface area contributed by atoms with Crippen LogP contribution in [0.3, 0.4) is 0 Å². The topological polar surface area (TPSA) is 58.4 Å². The second-order valence-electron chi connectivity index (χ2n) is 6.53. The number of halogens is 1. The molecule has 2 aliphatic rings. The normalized spacial score (nSPS) is 19.6. The van der Waals surface area contributed by atoms with E-state index in [2.05, 4.69) is 10.5 Å². The molecule has 1 aliphatic heterocycles. The maximum absolute atomic E-state index is 12.3. The smallest absolute Gasteiger partial charge is 0.229 e. The lowest BCUT2D eigenvalue weighted by atomic mass is 10.0. The number of nitrogens with one attached hydrogen (secondary N) is 1. The highest BCUT2D eigenvalue weighted by Gasteiger charge is 2.26. The first-order valence-electron chi connectivity index (χ1n) is 8.25. The van der Waals surface area contributed by atoms with Crippen molar-refractivity contribution in [1.29, 1.82) is 0 Å². The Morgan fingerprint density at radius 3 is 2.68 bits per heavy atom. The number of hydrogen-bond donors (Lipinski definition) is 1. The molecule has 6 heteroatoms. The number of amides is 1. The van der Waals surface area contributed by atoms with Crippen LogP contribution >= 0.6 is 11.6 Å². The zero-order valence-electron chi connectivity index (χ0n) is 13.1. The Bertz CT molecular complexity index is 500. The van der Waals surface area contributed by atoms with Crippen molar-refractivity contribution in [3.63, 3.8) is 0 Å². The van der Waals surface area contributed by atoms with E-state index in [0.717, 1.165) is 49.7 Å². The summed E-state index contributed by atoms with van der Waals surface area (Å²) >= 11 is 5.94. The van der Waals surface area contributed by atoms with Crippen molar-refractivity contribution in [2.45, 2.75) is 51.5 Å². The Hall–Kier alpha value is -1.07. The van der Waals surface area contributed by atoms with Crippen LogP contribution in [0.1, 0.15) is 43.4 Å². The molecule has 0 radical (unpaired) electrons. The van der Waals surface area contributed by atoms with Gasteiger partial charge in [-0.1, -0.05) is 5.16 Å². The van der Waals surface area contributed by atoms with Gasteiger partial charge in [0.25, 0.3) is 0 Å². The molecule has 3 rings (SSSR count). The Labute approximate surface area is 136 Å². The molecule has 0 atom stereocenters. The Morgan fingerprint density at radius 1 is 1.36 bits per heavy atom. The van der Waals surface area contributed by atoms with Gasteiger partial charge in [-0.3, -0.25) is 4.79 Å². The minimum atomic E-state index is 0.206. The van der Waals surface area contributed by atoms with Crippen LogP contribution in [0.5, 0.6) is 0 Å². The van der Waals surface area contributed by atoms with Gasteiger partial charge in [0.2, 0.25) is 11.1 Å². The number of carbonyl (C=O) groups is 1. The maximum atomic E-state index is 12.3. The van der Waals surface area contributed by atoms with Crippen LogP contribution in [0.4, 0.5) is 0 Å². The van der Waals surface area contributed by atoms with Gasteiger partial charge in [-0.2, -0.15) is 0 Å². The molecule has 0 spiro atoms. The number of aromatic nitrogens is 1. The van der Waals surface area contributed by atoms with Gasteiger partial charge in [0.15, 0.2) is 0 Å². The molecule has 1 N–H and O–H groups in total. The molecule has 1 saturated heterocycles. The van der Waals surface area contributed by atoms with Gasteiger partial charge in [0, 0.05) is 31.1 Å². The summed E-state index contributed by atoms with van der Waals surface area (Å²) in [4.78, 5) is 14.3. The largest absolute Gasteiger partial charge is 0.344 e. The zero-order chi connectivity index (χ0) is 15.5. The van der Waals surface area contributed by atoms with E-state index in [9.17, 15) is 4.79 Å². The second-order valence-corrected chi connectivity index (χ2v) is 6.87. The van der Waals surface area contributed by atoms with E-state index in [0.29, 0.717) is 24.1 Å². The molecule has 1 aliphatic carbocycles. The van der Waals surface area contributed by atoms with E-state index in [-0.39, 0.29) is 5.91 Å². The molecule has 2 fully saturated rings. The lowest BCUT2D eigenvalue weighted by Gasteiger charge is -2.32. The van der Waals surface area contributed by atoms with Crippen LogP contribution in [0, 0.1) is 12.8 Å². The maximum Gasteiger partial charge on any atom is 0.229 e. The summed E-state index contributed by atoms with van der Waals surface area (Å²) in [5, 5.41) is 7.77. The Balaban J connectivity index is 1.39. The molecule has 1 aromatic rings. The van der Waals surface area contributed by atoms with Gasteiger partial charge < -0.3 is 14.7 Å². The van der Waals surface area contributed by atoms with E-state index >= 15 is 0 Å². The number of piperidine rings is 1. The van der Waals surface area contributed by atoms with Gasteiger partial charge in [-0.05, 0) is 63.1 Å².